The minimum atomic E-state index is -1.09. The largest absolute Gasteiger partial charge is 0.480 e. The fraction of sp³-hybridized carbons (Fsp3) is 0.700. The van der Waals surface area contributed by atoms with Gasteiger partial charge >= 0.3 is 5.97 Å². The number of halogens is 1. The molecular formula is C10H18ClN3O4. The van der Waals surface area contributed by atoms with E-state index >= 15 is 0 Å². The van der Waals surface area contributed by atoms with Crippen LogP contribution in [0.15, 0.2) is 0 Å². The highest BCUT2D eigenvalue weighted by molar-refractivity contribution is 6.14. The number of carbonyl (C=O) groups is 3. The molecule has 0 aromatic heterocycles. The number of nitrogens with one attached hydrogen (secondary N) is 3. The van der Waals surface area contributed by atoms with Crippen LogP contribution in [-0.4, -0.2) is 42.0 Å². The van der Waals surface area contributed by atoms with Crippen LogP contribution in [0.4, 0.5) is 0 Å². The zero-order valence-corrected chi connectivity index (χ0v) is 11.1. The maximum atomic E-state index is 11.4. The van der Waals surface area contributed by atoms with Gasteiger partial charge in [0.1, 0.15) is 6.04 Å². The highest BCUT2D eigenvalue weighted by atomic mass is 35.5. The van der Waals surface area contributed by atoms with E-state index in [0.717, 1.165) is 0 Å². The van der Waals surface area contributed by atoms with E-state index in [4.69, 9.17) is 16.9 Å². The number of carboxylic acids is 1. The molecule has 1 unspecified atom stereocenters. The Balaban J connectivity index is 4.10. The van der Waals surface area contributed by atoms with Crippen LogP contribution in [0.1, 0.15) is 20.3 Å². The molecular weight excluding hydrogens is 262 g/mol. The van der Waals surface area contributed by atoms with Gasteiger partial charge in [-0.05, 0) is 24.1 Å². The molecule has 0 aliphatic rings. The summed E-state index contributed by atoms with van der Waals surface area (Å²) in [5, 5.41) is 13.5. The average Bonchev–Trinajstić information content (AvgIpc) is 2.25. The topological polar surface area (TPSA) is 108 Å². The first-order valence-corrected chi connectivity index (χ1v) is 5.87. The molecule has 0 heterocycles. The van der Waals surface area contributed by atoms with Gasteiger partial charge in [0.25, 0.3) is 0 Å². The van der Waals surface area contributed by atoms with E-state index in [1.165, 1.54) is 0 Å². The van der Waals surface area contributed by atoms with Crippen LogP contribution in [0.3, 0.4) is 0 Å². The molecule has 0 bridgehead atoms. The smallest absolute Gasteiger partial charge is 0.326 e. The molecule has 1 atom stereocenters. The van der Waals surface area contributed by atoms with Gasteiger partial charge in [-0.3, -0.25) is 9.59 Å². The van der Waals surface area contributed by atoms with Crippen LogP contribution in [-0.2, 0) is 14.4 Å². The Labute approximate surface area is 110 Å². The monoisotopic (exact) mass is 279 g/mol. The lowest BCUT2D eigenvalue weighted by Gasteiger charge is -2.16. The van der Waals surface area contributed by atoms with E-state index in [2.05, 4.69) is 15.5 Å². The van der Waals surface area contributed by atoms with Crippen LogP contribution in [0.2, 0.25) is 0 Å². The van der Waals surface area contributed by atoms with Crippen molar-refractivity contribution in [2.24, 2.45) is 5.92 Å². The highest BCUT2D eigenvalue weighted by Crippen LogP contribution is 2.04. The third-order valence-corrected chi connectivity index (χ3v) is 2.15. The Morgan fingerprint density at radius 3 is 2.22 bits per heavy atom. The zero-order valence-electron chi connectivity index (χ0n) is 10.3. The van der Waals surface area contributed by atoms with E-state index in [1.807, 2.05) is 13.8 Å². The number of aliphatic carboxylic acids is 1. The van der Waals surface area contributed by atoms with E-state index < -0.39 is 23.8 Å². The van der Waals surface area contributed by atoms with Gasteiger partial charge in [0, 0.05) is 0 Å². The molecule has 0 saturated heterocycles. The lowest BCUT2D eigenvalue weighted by molar-refractivity contribution is -0.142. The Kier molecular flexibility index (Phi) is 8.06. The maximum Gasteiger partial charge on any atom is 0.326 e. The van der Waals surface area contributed by atoms with Gasteiger partial charge < -0.3 is 15.7 Å². The van der Waals surface area contributed by atoms with Crippen molar-refractivity contribution in [2.45, 2.75) is 26.3 Å². The highest BCUT2D eigenvalue weighted by Gasteiger charge is 2.20. The van der Waals surface area contributed by atoms with Crippen LogP contribution in [0, 0.1) is 5.92 Å². The first kappa shape index (κ1) is 16.7. The Hall–Kier alpha value is -1.34. The average molecular weight is 280 g/mol. The molecule has 0 rings (SSSR count). The van der Waals surface area contributed by atoms with Crippen molar-refractivity contribution in [1.29, 1.82) is 0 Å². The summed E-state index contributed by atoms with van der Waals surface area (Å²) < 4.78 is 0. The molecule has 8 heteroatoms. The summed E-state index contributed by atoms with van der Waals surface area (Å²) in [5.74, 6) is -1.95. The van der Waals surface area contributed by atoms with Crippen molar-refractivity contribution >= 4 is 29.6 Å². The number of carboxylic acid groups (broad SMARTS) is 1. The SMILES string of the molecule is CC(C)CC(NC(=O)CNC(=O)CNCl)C(=O)O. The predicted molar refractivity (Wildman–Crippen MR) is 65.9 cm³/mol. The van der Waals surface area contributed by atoms with Gasteiger partial charge in [-0.25, -0.2) is 9.63 Å². The molecule has 2 amide bonds. The molecule has 0 radical (unpaired) electrons. The van der Waals surface area contributed by atoms with Gasteiger partial charge in [0.15, 0.2) is 0 Å². The first-order valence-electron chi connectivity index (χ1n) is 5.49. The number of carbonyl (C=O) groups excluding carboxylic acids is 2. The number of rotatable bonds is 8. The Morgan fingerprint density at radius 1 is 1.17 bits per heavy atom. The standard InChI is InChI=1S/C10H18ClN3O4/c1-6(2)3-7(10(17)18)14-9(16)4-12-8(15)5-13-11/h6-7,13H,3-5H2,1-2H3,(H,12,15)(H,14,16)(H,17,18). The van der Waals surface area contributed by atoms with Crippen LogP contribution >= 0.6 is 11.8 Å². The second-order valence-corrected chi connectivity index (χ2v) is 4.44. The van der Waals surface area contributed by atoms with Gasteiger partial charge in [-0.1, -0.05) is 13.8 Å². The lowest BCUT2D eigenvalue weighted by atomic mass is 10.0. The number of amides is 2. The second kappa shape index (κ2) is 8.71. The number of hydrogen-bond acceptors (Lipinski definition) is 4. The van der Waals surface area contributed by atoms with Crippen molar-refractivity contribution in [3.05, 3.63) is 0 Å². The van der Waals surface area contributed by atoms with Crippen molar-refractivity contribution < 1.29 is 19.5 Å². The van der Waals surface area contributed by atoms with E-state index in [9.17, 15) is 14.4 Å². The predicted octanol–water partition coefficient (Wildman–Crippen LogP) is -0.538. The molecule has 0 aromatic carbocycles. The molecule has 0 fully saturated rings. The molecule has 0 aliphatic carbocycles. The molecule has 18 heavy (non-hydrogen) atoms. The summed E-state index contributed by atoms with van der Waals surface area (Å²) in [7, 11) is 0. The molecule has 0 spiro atoms. The maximum absolute atomic E-state index is 11.4. The molecule has 4 N–H and O–H groups in total. The van der Waals surface area contributed by atoms with E-state index in [1.54, 1.807) is 0 Å². The summed E-state index contributed by atoms with van der Waals surface area (Å²) in [5.41, 5.74) is 0. The lowest BCUT2D eigenvalue weighted by Crippen LogP contribution is -2.46. The number of hydrogen-bond donors (Lipinski definition) is 4. The molecule has 7 nitrogen and oxygen atoms in total. The minimum Gasteiger partial charge on any atom is -0.480 e. The van der Waals surface area contributed by atoms with E-state index in [-0.39, 0.29) is 19.0 Å². The van der Waals surface area contributed by atoms with E-state index in [0.29, 0.717) is 6.42 Å². The third kappa shape index (κ3) is 7.86. The van der Waals surface area contributed by atoms with Crippen molar-refractivity contribution in [3.63, 3.8) is 0 Å². The minimum absolute atomic E-state index is 0.122. The summed E-state index contributed by atoms with van der Waals surface area (Å²) in [6, 6.07) is -0.944. The quantitative estimate of drug-likeness (QED) is 0.447. The van der Waals surface area contributed by atoms with Crippen molar-refractivity contribution in [3.8, 4) is 0 Å². The van der Waals surface area contributed by atoms with Gasteiger partial charge in [-0.2, -0.15) is 0 Å². The van der Waals surface area contributed by atoms with Gasteiger partial charge in [-0.15, -0.1) is 0 Å². The van der Waals surface area contributed by atoms with Gasteiger partial charge in [0.05, 0.1) is 13.1 Å². The second-order valence-electron chi connectivity index (χ2n) is 4.18. The Bertz CT molecular complexity index is 309. The van der Waals surface area contributed by atoms with Gasteiger partial charge in [0.2, 0.25) is 11.8 Å². The fourth-order valence-corrected chi connectivity index (χ4v) is 1.36. The first-order chi connectivity index (χ1) is 8.36. The summed E-state index contributed by atoms with van der Waals surface area (Å²) in [6.07, 6.45) is 0.332. The van der Waals surface area contributed by atoms with Crippen molar-refractivity contribution in [2.75, 3.05) is 13.1 Å². The van der Waals surface area contributed by atoms with Crippen LogP contribution in [0.25, 0.3) is 0 Å². The van der Waals surface area contributed by atoms with Crippen LogP contribution in [0.5, 0.6) is 0 Å². The van der Waals surface area contributed by atoms with Crippen molar-refractivity contribution in [1.82, 2.24) is 15.5 Å². The molecule has 0 aromatic rings. The fourth-order valence-electron chi connectivity index (χ4n) is 1.24. The third-order valence-electron chi connectivity index (χ3n) is 2.01. The zero-order chi connectivity index (χ0) is 14.1. The normalized spacial score (nSPS) is 12.0. The molecule has 104 valence electrons. The Morgan fingerprint density at radius 2 is 1.78 bits per heavy atom. The van der Waals surface area contributed by atoms with Crippen LogP contribution < -0.4 is 15.5 Å². The molecule has 0 saturated carbocycles. The summed E-state index contributed by atoms with van der Waals surface area (Å²) >= 11 is 5.11. The summed E-state index contributed by atoms with van der Waals surface area (Å²) in [6.45, 7) is 3.31. The summed E-state index contributed by atoms with van der Waals surface area (Å²) in [4.78, 5) is 35.4. The molecule has 0 aliphatic heterocycles.